The third-order valence-electron chi connectivity index (χ3n) is 2.60. The fourth-order valence-electron chi connectivity index (χ4n) is 1.92. The molecule has 0 N–H and O–H groups in total. The van der Waals surface area contributed by atoms with Crippen LogP contribution in [0.2, 0.25) is 5.02 Å². The lowest BCUT2D eigenvalue weighted by molar-refractivity contribution is 0.0910. The highest BCUT2D eigenvalue weighted by Gasteiger charge is 2.32. The molecule has 0 aromatic carbocycles. The lowest BCUT2D eigenvalue weighted by Gasteiger charge is -2.29. The number of carbonyl (C=O) groups excluding carboxylic acids is 1. The van der Waals surface area contributed by atoms with Gasteiger partial charge in [0.1, 0.15) is 4.60 Å². The first-order valence-electron chi connectivity index (χ1n) is 4.77. The van der Waals surface area contributed by atoms with Crippen LogP contribution in [0.1, 0.15) is 36.3 Å². The Labute approximate surface area is 102 Å². The number of aromatic nitrogens is 1. The Morgan fingerprint density at radius 3 is 2.80 bits per heavy atom. The summed E-state index contributed by atoms with van der Waals surface area (Å²) in [5.74, 6) is 0.142. The van der Waals surface area contributed by atoms with E-state index in [1.54, 1.807) is 6.07 Å². The lowest BCUT2D eigenvalue weighted by Crippen LogP contribution is -2.27. The van der Waals surface area contributed by atoms with Crippen molar-refractivity contribution in [2.24, 2.45) is 5.41 Å². The van der Waals surface area contributed by atoms with Gasteiger partial charge in [-0.05, 0) is 33.8 Å². The fraction of sp³-hybridized carbons (Fsp3) is 0.455. The summed E-state index contributed by atoms with van der Waals surface area (Å²) in [6.45, 7) is 4.16. The van der Waals surface area contributed by atoms with Crippen molar-refractivity contribution < 1.29 is 4.79 Å². The van der Waals surface area contributed by atoms with Gasteiger partial charge in [0, 0.05) is 12.0 Å². The highest BCUT2D eigenvalue weighted by Crippen LogP contribution is 2.36. The second-order valence-corrected chi connectivity index (χ2v) is 5.85. The van der Waals surface area contributed by atoms with E-state index in [1.807, 2.05) is 0 Å². The molecular weight excluding hydrogens is 277 g/mol. The van der Waals surface area contributed by atoms with E-state index < -0.39 is 0 Å². The molecule has 1 aliphatic carbocycles. The highest BCUT2D eigenvalue weighted by atomic mass is 79.9. The summed E-state index contributed by atoms with van der Waals surface area (Å²) in [6, 6.07) is 1.71. The van der Waals surface area contributed by atoms with E-state index in [0.717, 1.165) is 12.1 Å². The number of Topliss-reactive ketones (excluding diaryl/α,β-unsaturated/α-hetero) is 1. The first-order valence-corrected chi connectivity index (χ1v) is 5.94. The number of nitrogens with zero attached hydrogens (tertiary/aromatic N) is 1. The molecule has 4 heteroatoms. The minimum atomic E-state index is 0.00432. The number of rotatable bonds is 0. The van der Waals surface area contributed by atoms with Gasteiger partial charge < -0.3 is 0 Å². The van der Waals surface area contributed by atoms with Crippen molar-refractivity contribution in [1.29, 1.82) is 0 Å². The first-order chi connectivity index (χ1) is 6.89. The Kier molecular flexibility index (Phi) is 2.63. The van der Waals surface area contributed by atoms with Crippen LogP contribution in [0.3, 0.4) is 0 Å². The second kappa shape index (κ2) is 3.56. The zero-order chi connectivity index (χ0) is 11.2. The van der Waals surface area contributed by atoms with Crippen LogP contribution in [-0.2, 0) is 6.42 Å². The van der Waals surface area contributed by atoms with E-state index in [4.69, 9.17) is 11.6 Å². The summed E-state index contributed by atoms with van der Waals surface area (Å²) in [6.07, 6.45) is 1.39. The Balaban J connectivity index is 2.56. The molecule has 1 aromatic heterocycles. The van der Waals surface area contributed by atoms with Gasteiger partial charge in [-0.15, -0.1) is 0 Å². The summed E-state index contributed by atoms with van der Waals surface area (Å²) in [5.41, 5.74) is 1.54. The van der Waals surface area contributed by atoms with Crippen molar-refractivity contribution in [3.8, 4) is 0 Å². The highest BCUT2D eigenvalue weighted by molar-refractivity contribution is 9.10. The SMILES string of the molecule is CC1(C)CC(=O)c2cc(Cl)c(Br)nc2C1. The Morgan fingerprint density at radius 2 is 2.13 bits per heavy atom. The maximum Gasteiger partial charge on any atom is 0.165 e. The third-order valence-corrected chi connectivity index (χ3v) is 3.72. The second-order valence-electron chi connectivity index (χ2n) is 4.70. The molecule has 0 unspecified atom stereocenters. The molecule has 2 rings (SSSR count). The number of ketones is 1. The number of hydrogen-bond donors (Lipinski definition) is 0. The molecule has 80 valence electrons. The predicted molar refractivity (Wildman–Crippen MR) is 63.4 cm³/mol. The van der Waals surface area contributed by atoms with E-state index in [0.29, 0.717) is 21.6 Å². The van der Waals surface area contributed by atoms with Gasteiger partial charge in [-0.3, -0.25) is 4.79 Å². The smallest absolute Gasteiger partial charge is 0.165 e. The predicted octanol–water partition coefficient (Wildman–Crippen LogP) is 3.65. The molecule has 0 saturated heterocycles. The number of carbonyl (C=O) groups is 1. The van der Waals surface area contributed by atoms with Crippen LogP contribution in [0, 0.1) is 5.41 Å². The molecule has 1 aliphatic rings. The number of halogens is 2. The van der Waals surface area contributed by atoms with Crippen LogP contribution in [0.15, 0.2) is 10.7 Å². The van der Waals surface area contributed by atoms with Crippen molar-refractivity contribution in [1.82, 2.24) is 4.98 Å². The molecule has 1 heterocycles. The molecule has 0 atom stereocenters. The number of fused-ring (bicyclic) bond motifs is 1. The van der Waals surface area contributed by atoms with Gasteiger partial charge in [0.2, 0.25) is 0 Å². The molecule has 2 nitrogen and oxygen atoms in total. The van der Waals surface area contributed by atoms with Crippen LogP contribution in [0.25, 0.3) is 0 Å². The minimum Gasteiger partial charge on any atom is -0.294 e. The standard InChI is InChI=1S/C11H11BrClNO/c1-11(2)4-8-6(9(15)5-11)3-7(13)10(12)14-8/h3H,4-5H2,1-2H3. The van der Waals surface area contributed by atoms with Crippen molar-refractivity contribution in [3.05, 3.63) is 26.9 Å². The van der Waals surface area contributed by atoms with Crippen molar-refractivity contribution in [3.63, 3.8) is 0 Å². The van der Waals surface area contributed by atoms with E-state index in [1.165, 1.54) is 0 Å². The van der Waals surface area contributed by atoms with E-state index in [9.17, 15) is 4.79 Å². The maximum absolute atomic E-state index is 11.9. The zero-order valence-corrected chi connectivity index (χ0v) is 10.9. The first kappa shape index (κ1) is 11.1. The fourth-order valence-corrected chi connectivity index (χ4v) is 2.40. The molecule has 0 fully saturated rings. The van der Waals surface area contributed by atoms with E-state index in [2.05, 4.69) is 34.8 Å². The lowest BCUT2D eigenvalue weighted by atomic mass is 9.76. The summed E-state index contributed by atoms with van der Waals surface area (Å²) < 4.78 is 0.619. The molecule has 0 radical (unpaired) electrons. The van der Waals surface area contributed by atoms with Crippen LogP contribution < -0.4 is 0 Å². The topological polar surface area (TPSA) is 30.0 Å². The zero-order valence-electron chi connectivity index (χ0n) is 8.60. The number of pyridine rings is 1. The number of hydrogen-bond acceptors (Lipinski definition) is 2. The summed E-state index contributed by atoms with van der Waals surface area (Å²) in [4.78, 5) is 16.2. The largest absolute Gasteiger partial charge is 0.294 e. The molecule has 15 heavy (non-hydrogen) atoms. The summed E-state index contributed by atoms with van der Waals surface area (Å²) in [7, 11) is 0. The summed E-state index contributed by atoms with van der Waals surface area (Å²) in [5, 5.41) is 0.502. The molecular formula is C11H11BrClNO. The van der Waals surface area contributed by atoms with Gasteiger partial charge in [0.15, 0.2) is 5.78 Å². The van der Waals surface area contributed by atoms with Gasteiger partial charge in [-0.1, -0.05) is 25.4 Å². The summed E-state index contributed by atoms with van der Waals surface area (Å²) >= 11 is 9.20. The van der Waals surface area contributed by atoms with E-state index >= 15 is 0 Å². The van der Waals surface area contributed by atoms with Crippen molar-refractivity contribution >= 4 is 33.3 Å². The Hall–Kier alpha value is -0.410. The van der Waals surface area contributed by atoms with E-state index in [-0.39, 0.29) is 11.2 Å². The normalized spacial score (nSPS) is 18.8. The average molecular weight is 289 g/mol. The molecule has 0 bridgehead atoms. The molecule has 0 aliphatic heterocycles. The Bertz CT molecular complexity index is 442. The molecule has 0 spiro atoms. The van der Waals surface area contributed by atoms with Crippen molar-refractivity contribution in [2.75, 3.05) is 0 Å². The van der Waals surface area contributed by atoms with Crippen molar-refractivity contribution in [2.45, 2.75) is 26.7 Å². The maximum atomic E-state index is 11.9. The van der Waals surface area contributed by atoms with Crippen LogP contribution in [0.5, 0.6) is 0 Å². The average Bonchev–Trinajstić information content (AvgIpc) is 2.07. The minimum absolute atomic E-state index is 0.00432. The molecule has 0 saturated carbocycles. The van der Waals surface area contributed by atoms with Gasteiger partial charge in [0.05, 0.1) is 10.7 Å². The van der Waals surface area contributed by atoms with Crippen LogP contribution in [0.4, 0.5) is 0 Å². The third kappa shape index (κ3) is 2.08. The quantitative estimate of drug-likeness (QED) is 0.682. The van der Waals surface area contributed by atoms with Gasteiger partial charge in [0.25, 0.3) is 0 Å². The molecule has 0 amide bonds. The van der Waals surface area contributed by atoms with Crippen LogP contribution in [-0.4, -0.2) is 10.8 Å². The molecule has 1 aromatic rings. The van der Waals surface area contributed by atoms with Gasteiger partial charge >= 0.3 is 0 Å². The van der Waals surface area contributed by atoms with Gasteiger partial charge in [-0.25, -0.2) is 4.98 Å². The van der Waals surface area contributed by atoms with Crippen LogP contribution >= 0.6 is 27.5 Å². The monoisotopic (exact) mass is 287 g/mol. The Morgan fingerprint density at radius 1 is 1.47 bits per heavy atom. The van der Waals surface area contributed by atoms with Gasteiger partial charge in [-0.2, -0.15) is 0 Å².